The van der Waals surface area contributed by atoms with Gasteiger partial charge in [0.05, 0.1) is 12.9 Å². The first-order valence-corrected chi connectivity index (χ1v) is 12.0. The maximum absolute atomic E-state index is 13.0. The fourth-order valence-corrected chi connectivity index (χ4v) is 9.41. The van der Waals surface area contributed by atoms with Crippen LogP contribution < -0.4 is 10.6 Å². The van der Waals surface area contributed by atoms with Crippen molar-refractivity contribution in [3.8, 4) is 0 Å². The van der Waals surface area contributed by atoms with E-state index in [1.807, 2.05) is 0 Å². The lowest BCUT2D eigenvalue weighted by atomic mass is 10.2. The average molecular weight is 406 g/mol. The molecule has 1 amide bonds. The Kier molecular flexibility index (Phi) is 7.40. The van der Waals surface area contributed by atoms with E-state index in [9.17, 15) is 9.18 Å². The summed E-state index contributed by atoms with van der Waals surface area (Å²) in [6.45, 7) is 13.9. The highest BCUT2D eigenvalue weighted by Crippen LogP contribution is 2.43. The van der Waals surface area contributed by atoms with E-state index in [2.05, 4.69) is 57.2 Å². The molecular weight excluding hydrogens is 373 g/mol. The van der Waals surface area contributed by atoms with Crippen molar-refractivity contribution in [2.45, 2.75) is 64.7 Å². The Morgan fingerprint density at radius 3 is 2.25 bits per heavy atom. The van der Waals surface area contributed by atoms with Crippen LogP contribution in [0.15, 0.2) is 40.7 Å². The molecule has 1 heterocycles. The summed E-state index contributed by atoms with van der Waals surface area (Å²) in [4.78, 5) is 17.1. The molecule has 0 saturated heterocycles. The third kappa shape index (κ3) is 4.81. The van der Waals surface area contributed by atoms with Gasteiger partial charge in [-0.05, 0) is 34.3 Å². The van der Waals surface area contributed by atoms with Gasteiger partial charge in [-0.25, -0.2) is 4.39 Å². The minimum atomic E-state index is -2.19. The summed E-state index contributed by atoms with van der Waals surface area (Å²) in [6, 6.07) is 6.08. The first-order valence-electron chi connectivity index (χ1n) is 9.88. The van der Waals surface area contributed by atoms with E-state index in [4.69, 9.17) is 4.43 Å². The van der Waals surface area contributed by atoms with Crippen LogP contribution in [0.3, 0.4) is 0 Å². The van der Waals surface area contributed by atoms with E-state index in [0.717, 1.165) is 5.56 Å². The standard InChI is InChI=1S/C21H32FN3O2Si/c1-14(2)28(15(3)4,16(5)6)27-19-12-23-13-25-20(19)21(26)24-11-17-7-9-18(22)10-8-17/h7-10,13-16H,11-12H2,1-6H3,(H,23,25)(H,24,26). The minimum Gasteiger partial charge on any atom is -0.543 e. The van der Waals surface area contributed by atoms with E-state index in [1.165, 1.54) is 18.5 Å². The lowest BCUT2D eigenvalue weighted by molar-refractivity contribution is -0.118. The van der Waals surface area contributed by atoms with Gasteiger partial charge in [-0.2, -0.15) is 0 Å². The summed E-state index contributed by atoms with van der Waals surface area (Å²) in [6.07, 6.45) is 1.53. The molecule has 0 saturated carbocycles. The molecule has 1 aliphatic heterocycles. The highest BCUT2D eigenvalue weighted by atomic mass is 28.4. The van der Waals surface area contributed by atoms with Gasteiger partial charge in [-0.15, -0.1) is 0 Å². The molecule has 0 radical (unpaired) electrons. The second-order valence-corrected chi connectivity index (χ2v) is 13.5. The molecule has 7 heteroatoms. The van der Waals surface area contributed by atoms with E-state index < -0.39 is 8.32 Å². The molecule has 1 aliphatic rings. The summed E-state index contributed by atoms with van der Waals surface area (Å²) in [5.41, 5.74) is 2.44. The quantitative estimate of drug-likeness (QED) is 0.627. The van der Waals surface area contributed by atoms with Gasteiger partial charge in [0.2, 0.25) is 0 Å². The zero-order valence-electron chi connectivity index (χ0n) is 17.7. The molecule has 0 bridgehead atoms. The van der Waals surface area contributed by atoms with Gasteiger partial charge >= 0.3 is 0 Å². The number of amides is 1. The van der Waals surface area contributed by atoms with Gasteiger partial charge in [0.25, 0.3) is 14.2 Å². The lowest BCUT2D eigenvalue weighted by Gasteiger charge is -2.43. The third-order valence-corrected chi connectivity index (χ3v) is 11.4. The summed E-state index contributed by atoms with van der Waals surface area (Å²) in [5, 5.41) is 5.85. The molecule has 0 spiro atoms. The topological polar surface area (TPSA) is 62.7 Å². The van der Waals surface area contributed by atoms with Gasteiger partial charge in [0.1, 0.15) is 17.3 Å². The Labute approximate surface area is 168 Å². The van der Waals surface area contributed by atoms with Crippen molar-refractivity contribution in [3.63, 3.8) is 0 Å². The molecule has 2 N–H and O–H groups in total. The van der Waals surface area contributed by atoms with Gasteiger partial charge in [0, 0.05) is 6.54 Å². The molecule has 0 fully saturated rings. The zero-order valence-corrected chi connectivity index (χ0v) is 18.7. The number of nitrogens with one attached hydrogen (secondary N) is 2. The molecule has 0 aliphatic carbocycles. The van der Waals surface area contributed by atoms with Crippen LogP contribution in [0.5, 0.6) is 0 Å². The number of halogens is 1. The summed E-state index contributed by atoms with van der Waals surface area (Å²) in [7, 11) is -2.19. The van der Waals surface area contributed by atoms with Crippen LogP contribution in [-0.2, 0) is 15.8 Å². The fraction of sp³-hybridized carbons (Fsp3) is 0.524. The Bertz CT molecular complexity index is 721. The fourth-order valence-electron chi connectivity index (χ4n) is 4.11. The number of rotatable bonds is 8. The lowest BCUT2D eigenvalue weighted by Crippen LogP contribution is -2.49. The van der Waals surface area contributed by atoms with Crippen LogP contribution in [0.1, 0.15) is 47.1 Å². The predicted molar refractivity (Wildman–Crippen MR) is 114 cm³/mol. The second-order valence-electron chi connectivity index (χ2n) is 8.14. The SMILES string of the molecule is CC(C)[Si](OC1=C(C(=O)NCc2ccc(F)cc2)NC=NC1)(C(C)C)C(C)C. The van der Waals surface area contributed by atoms with Crippen LogP contribution in [0.4, 0.5) is 4.39 Å². The van der Waals surface area contributed by atoms with Crippen LogP contribution in [0.25, 0.3) is 0 Å². The van der Waals surface area contributed by atoms with E-state index in [1.54, 1.807) is 12.1 Å². The summed E-state index contributed by atoms with van der Waals surface area (Å²) >= 11 is 0. The maximum atomic E-state index is 13.0. The largest absolute Gasteiger partial charge is 0.543 e. The highest BCUT2D eigenvalue weighted by Gasteiger charge is 2.48. The Morgan fingerprint density at radius 2 is 1.71 bits per heavy atom. The van der Waals surface area contributed by atoms with E-state index in [-0.39, 0.29) is 11.7 Å². The van der Waals surface area contributed by atoms with Crippen molar-refractivity contribution < 1.29 is 13.6 Å². The van der Waals surface area contributed by atoms with Crippen LogP contribution in [0.2, 0.25) is 16.6 Å². The Balaban J connectivity index is 2.23. The average Bonchev–Trinajstić information content (AvgIpc) is 2.64. The summed E-state index contributed by atoms with van der Waals surface area (Å²) < 4.78 is 19.7. The van der Waals surface area contributed by atoms with E-state index in [0.29, 0.717) is 41.2 Å². The summed E-state index contributed by atoms with van der Waals surface area (Å²) in [5.74, 6) is 0.0718. The van der Waals surface area contributed by atoms with Gasteiger partial charge in [-0.1, -0.05) is 53.7 Å². The molecule has 154 valence electrons. The van der Waals surface area contributed by atoms with Crippen molar-refractivity contribution in [3.05, 3.63) is 47.1 Å². The normalized spacial score (nSPS) is 14.6. The molecule has 0 atom stereocenters. The molecule has 0 unspecified atom stereocenters. The number of benzene rings is 1. The van der Waals surface area contributed by atoms with Crippen molar-refractivity contribution in [2.24, 2.45) is 4.99 Å². The van der Waals surface area contributed by atoms with E-state index >= 15 is 0 Å². The van der Waals surface area contributed by atoms with Gasteiger partial charge in [-0.3, -0.25) is 9.79 Å². The molecule has 28 heavy (non-hydrogen) atoms. The number of aliphatic imine (C=N–C) groups is 1. The van der Waals surface area contributed by atoms with Crippen LogP contribution in [0, 0.1) is 5.82 Å². The number of carbonyl (C=O) groups excluding carboxylic acids is 1. The number of hydrogen-bond donors (Lipinski definition) is 2. The molecule has 5 nitrogen and oxygen atoms in total. The van der Waals surface area contributed by atoms with Gasteiger partial charge in [0.15, 0.2) is 0 Å². The highest BCUT2D eigenvalue weighted by molar-refractivity contribution is 6.77. The maximum Gasteiger partial charge on any atom is 0.271 e. The smallest absolute Gasteiger partial charge is 0.271 e. The second kappa shape index (κ2) is 9.36. The number of carbonyl (C=O) groups is 1. The van der Waals surface area contributed by atoms with Crippen molar-refractivity contribution >= 4 is 20.6 Å². The Hall–Kier alpha value is -2.15. The van der Waals surface area contributed by atoms with Crippen molar-refractivity contribution in [1.29, 1.82) is 0 Å². The molecular formula is C21H32FN3O2Si. The van der Waals surface area contributed by atoms with Crippen LogP contribution >= 0.6 is 0 Å². The molecule has 1 aromatic rings. The molecule has 1 aromatic carbocycles. The predicted octanol–water partition coefficient (Wildman–Crippen LogP) is 4.48. The first-order chi connectivity index (χ1) is 13.2. The van der Waals surface area contributed by atoms with Crippen LogP contribution in [-0.4, -0.2) is 27.1 Å². The monoisotopic (exact) mass is 405 g/mol. The molecule has 2 rings (SSSR count). The van der Waals surface area contributed by atoms with Crippen molar-refractivity contribution in [1.82, 2.24) is 10.6 Å². The zero-order chi connectivity index (χ0) is 20.9. The number of nitrogens with zero attached hydrogens (tertiary/aromatic N) is 1. The third-order valence-electron chi connectivity index (χ3n) is 5.41. The first kappa shape index (κ1) is 22.1. The minimum absolute atomic E-state index is 0.246. The molecule has 0 aromatic heterocycles. The Morgan fingerprint density at radius 1 is 1.14 bits per heavy atom. The number of hydrogen-bond acceptors (Lipinski definition) is 4. The van der Waals surface area contributed by atoms with Gasteiger partial charge < -0.3 is 15.1 Å². The van der Waals surface area contributed by atoms with Crippen molar-refractivity contribution in [2.75, 3.05) is 6.54 Å².